The fourth-order valence-electron chi connectivity index (χ4n) is 1.34. The zero-order chi connectivity index (χ0) is 11.7. The highest BCUT2D eigenvalue weighted by Gasteiger charge is 2.12. The van der Waals surface area contributed by atoms with Crippen molar-refractivity contribution in [1.82, 2.24) is 4.98 Å². The summed E-state index contributed by atoms with van der Waals surface area (Å²) in [5, 5.41) is 1.88. The van der Waals surface area contributed by atoms with Gasteiger partial charge in [0, 0.05) is 23.5 Å². The lowest BCUT2D eigenvalue weighted by molar-refractivity contribution is 1.33. The van der Waals surface area contributed by atoms with Crippen molar-refractivity contribution in [3.63, 3.8) is 0 Å². The van der Waals surface area contributed by atoms with Crippen molar-refractivity contribution in [3.8, 4) is 11.1 Å². The fourth-order valence-corrected chi connectivity index (χ4v) is 2.26. The molecule has 2 rings (SSSR count). The maximum Gasteiger partial charge on any atom is 0.0686 e. The lowest BCUT2D eigenvalue weighted by Crippen LogP contribution is -1.84. The van der Waals surface area contributed by atoms with Crippen molar-refractivity contribution in [2.24, 2.45) is 0 Å². The van der Waals surface area contributed by atoms with Crippen LogP contribution in [0.4, 0.5) is 0 Å². The van der Waals surface area contributed by atoms with E-state index in [2.05, 4.69) is 4.98 Å². The molecule has 0 unspecified atom stereocenters. The minimum Gasteiger partial charge on any atom is -0.263 e. The molecular formula is C11H5Cl4N. The second-order valence-electron chi connectivity index (χ2n) is 3.11. The fraction of sp³-hybridized carbons (Fsp3) is 0. The van der Waals surface area contributed by atoms with E-state index >= 15 is 0 Å². The zero-order valence-electron chi connectivity index (χ0n) is 7.85. The summed E-state index contributed by atoms with van der Waals surface area (Å²) in [5.41, 5.74) is 1.39. The lowest BCUT2D eigenvalue weighted by atomic mass is 10.1. The first-order chi connectivity index (χ1) is 7.59. The van der Waals surface area contributed by atoms with Gasteiger partial charge in [0.05, 0.1) is 20.1 Å². The van der Waals surface area contributed by atoms with E-state index in [1.54, 1.807) is 24.4 Å². The summed E-state index contributed by atoms with van der Waals surface area (Å²) in [6.45, 7) is 0. The number of hydrogen-bond acceptors (Lipinski definition) is 1. The first kappa shape index (κ1) is 12.0. The molecule has 1 heterocycles. The van der Waals surface area contributed by atoms with Crippen LogP contribution >= 0.6 is 46.4 Å². The van der Waals surface area contributed by atoms with Gasteiger partial charge >= 0.3 is 0 Å². The summed E-state index contributed by atoms with van der Waals surface area (Å²) >= 11 is 24.0. The third-order valence-corrected chi connectivity index (χ3v) is 3.36. The molecular weight excluding hydrogens is 288 g/mol. The molecule has 5 heteroatoms. The number of aromatic nitrogens is 1. The van der Waals surface area contributed by atoms with Crippen molar-refractivity contribution >= 4 is 46.4 Å². The highest BCUT2D eigenvalue weighted by atomic mass is 35.5. The lowest BCUT2D eigenvalue weighted by Gasteiger charge is -2.08. The van der Waals surface area contributed by atoms with Gasteiger partial charge in [-0.25, -0.2) is 0 Å². The van der Waals surface area contributed by atoms with Gasteiger partial charge < -0.3 is 0 Å². The van der Waals surface area contributed by atoms with Crippen molar-refractivity contribution in [2.75, 3.05) is 0 Å². The molecule has 0 bridgehead atoms. The van der Waals surface area contributed by atoms with E-state index in [1.807, 2.05) is 0 Å². The second-order valence-corrected chi connectivity index (χ2v) is 4.74. The van der Waals surface area contributed by atoms with E-state index in [4.69, 9.17) is 46.4 Å². The Balaban J connectivity index is 2.68. The van der Waals surface area contributed by atoms with E-state index in [9.17, 15) is 0 Å². The van der Waals surface area contributed by atoms with Gasteiger partial charge in [0.2, 0.25) is 0 Å². The Morgan fingerprint density at radius 2 is 1.56 bits per heavy atom. The van der Waals surface area contributed by atoms with Gasteiger partial charge in [0.1, 0.15) is 0 Å². The van der Waals surface area contributed by atoms with E-state index in [0.717, 1.165) is 5.56 Å². The highest BCUT2D eigenvalue weighted by Crippen LogP contribution is 2.39. The largest absolute Gasteiger partial charge is 0.263 e. The number of halogens is 4. The Hall–Kier alpha value is -0.470. The monoisotopic (exact) mass is 291 g/mol. The van der Waals surface area contributed by atoms with Crippen LogP contribution in [0.5, 0.6) is 0 Å². The molecule has 82 valence electrons. The van der Waals surface area contributed by atoms with Gasteiger partial charge in [-0.2, -0.15) is 0 Å². The molecule has 0 fully saturated rings. The maximum absolute atomic E-state index is 6.10. The summed E-state index contributed by atoms with van der Waals surface area (Å²) in [4.78, 5) is 3.98. The number of benzene rings is 1. The predicted molar refractivity (Wildman–Crippen MR) is 69.7 cm³/mol. The molecule has 0 saturated heterocycles. The molecule has 0 aliphatic rings. The number of pyridine rings is 1. The molecule has 16 heavy (non-hydrogen) atoms. The molecule has 0 amide bonds. The number of nitrogens with zero attached hydrogens (tertiary/aromatic N) is 1. The van der Waals surface area contributed by atoms with Crippen LogP contribution in [0.1, 0.15) is 0 Å². The van der Waals surface area contributed by atoms with E-state index in [0.29, 0.717) is 25.7 Å². The minimum atomic E-state index is 0.401. The van der Waals surface area contributed by atoms with Crippen LogP contribution in [0.2, 0.25) is 20.1 Å². The number of hydrogen-bond donors (Lipinski definition) is 0. The molecule has 0 aliphatic heterocycles. The minimum absolute atomic E-state index is 0.401. The Labute approximate surface area is 113 Å². The average molecular weight is 293 g/mol. The molecule has 0 spiro atoms. The molecule has 1 nitrogen and oxygen atoms in total. The molecule has 0 saturated carbocycles. The van der Waals surface area contributed by atoms with Gasteiger partial charge in [-0.05, 0) is 18.2 Å². The molecule has 0 atom stereocenters. The van der Waals surface area contributed by atoms with Gasteiger partial charge in [-0.1, -0.05) is 46.4 Å². The Kier molecular flexibility index (Phi) is 3.60. The molecule has 0 N–H and O–H groups in total. The SMILES string of the molecule is Clc1cncc(-c2c(Cl)ccc(Cl)c2Cl)c1. The number of rotatable bonds is 1. The Morgan fingerprint density at radius 1 is 0.875 bits per heavy atom. The first-order valence-corrected chi connectivity index (χ1v) is 5.85. The summed E-state index contributed by atoms with van der Waals surface area (Å²) in [6, 6.07) is 5.07. The Bertz CT molecular complexity index is 540. The molecule has 0 aliphatic carbocycles. The molecule has 1 aromatic heterocycles. The van der Waals surface area contributed by atoms with Crippen LogP contribution in [0.3, 0.4) is 0 Å². The van der Waals surface area contributed by atoms with Gasteiger partial charge in [0.25, 0.3) is 0 Å². The average Bonchev–Trinajstić information content (AvgIpc) is 2.24. The second kappa shape index (κ2) is 4.80. The van der Waals surface area contributed by atoms with E-state index < -0.39 is 0 Å². The highest BCUT2D eigenvalue weighted by molar-refractivity contribution is 6.46. The van der Waals surface area contributed by atoms with Crippen LogP contribution in [0.25, 0.3) is 11.1 Å². The Morgan fingerprint density at radius 3 is 2.25 bits per heavy atom. The van der Waals surface area contributed by atoms with Crippen molar-refractivity contribution in [2.45, 2.75) is 0 Å². The molecule has 2 aromatic rings. The summed E-state index contributed by atoms with van der Waals surface area (Å²) in [7, 11) is 0. The van der Waals surface area contributed by atoms with E-state index in [1.165, 1.54) is 6.20 Å². The van der Waals surface area contributed by atoms with Crippen LogP contribution in [0.15, 0.2) is 30.6 Å². The molecule has 1 aromatic carbocycles. The smallest absolute Gasteiger partial charge is 0.0686 e. The summed E-state index contributed by atoms with van der Waals surface area (Å²) < 4.78 is 0. The normalized spacial score (nSPS) is 10.5. The van der Waals surface area contributed by atoms with Crippen molar-refractivity contribution in [3.05, 3.63) is 50.7 Å². The van der Waals surface area contributed by atoms with E-state index in [-0.39, 0.29) is 0 Å². The van der Waals surface area contributed by atoms with Crippen molar-refractivity contribution < 1.29 is 0 Å². The zero-order valence-corrected chi connectivity index (χ0v) is 10.9. The van der Waals surface area contributed by atoms with Crippen LogP contribution in [0, 0.1) is 0 Å². The summed E-state index contributed by atoms with van der Waals surface area (Å²) in [6.07, 6.45) is 3.17. The van der Waals surface area contributed by atoms with Crippen molar-refractivity contribution in [1.29, 1.82) is 0 Å². The van der Waals surface area contributed by atoms with Gasteiger partial charge in [0.15, 0.2) is 0 Å². The topological polar surface area (TPSA) is 12.9 Å². The van der Waals surface area contributed by atoms with Crippen LogP contribution in [-0.2, 0) is 0 Å². The third-order valence-electron chi connectivity index (χ3n) is 2.04. The first-order valence-electron chi connectivity index (χ1n) is 4.34. The standard InChI is InChI=1S/C11H5Cl4N/c12-7-3-6(4-16-5-7)10-8(13)1-2-9(14)11(10)15/h1-5H. The van der Waals surface area contributed by atoms with Crippen LogP contribution < -0.4 is 0 Å². The van der Waals surface area contributed by atoms with Crippen LogP contribution in [-0.4, -0.2) is 4.98 Å². The maximum atomic E-state index is 6.10. The molecule has 0 radical (unpaired) electrons. The quantitative estimate of drug-likeness (QED) is 0.645. The van der Waals surface area contributed by atoms with Gasteiger partial charge in [-0.3, -0.25) is 4.98 Å². The summed E-state index contributed by atoms with van der Waals surface area (Å²) in [5.74, 6) is 0. The van der Waals surface area contributed by atoms with Gasteiger partial charge in [-0.15, -0.1) is 0 Å². The third kappa shape index (κ3) is 2.28. The predicted octanol–water partition coefficient (Wildman–Crippen LogP) is 5.36.